The van der Waals surface area contributed by atoms with Gasteiger partial charge in [0, 0.05) is 5.56 Å². The van der Waals surface area contributed by atoms with Gasteiger partial charge in [-0.1, -0.05) is 56.7 Å². The van der Waals surface area contributed by atoms with E-state index in [4.69, 9.17) is 11.6 Å². The molecule has 1 aromatic rings. The molecule has 0 aliphatic rings. The topological polar surface area (TPSA) is 17.1 Å². The summed E-state index contributed by atoms with van der Waals surface area (Å²) in [6.45, 7) is 2.23. The van der Waals surface area contributed by atoms with Crippen LogP contribution < -0.4 is 0 Å². The van der Waals surface area contributed by atoms with E-state index in [1.807, 2.05) is 18.2 Å². The Morgan fingerprint density at radius 3 is 2.53 bits per heavy atom. The van der Waals surface area contributed by atoms with E-state index in [1.54, 1.807) is 0 Å². The van der Waals surface area contributed by atoms with Crippen molar-refractivity contribution in [1.82, 2.24) is 0 Å². The molecule has 1 aromatic carbocycles. The molecule has 0 N–H and O–H groups in total. The first kappa shape index (κ1) is 14.2. The van der Waals surface area contributed by atoms with E-state index >= 15 is 0 Å². The summed E-state index contributed by atoms with van der Waals surface area (Å²) in [7, 11) is 0. The highest BCUT2D eigenvalue weighted by Crippen LogP contribution is 2.17. The van der Waals surface area contributed by atoms with Crippen LogP contribution in [0.2, 0.25) is 5.02 Å². The molecule has 0 heterocycles. The maximum Gasteiger partial charge on any atom is 0.151 e. The average Bonchev–Trinajstić information content (AvgIpc) is 2.35. The standard InChI is InChI=1S/C15H21ClO/c1-2-3-4-5-6-7-8-13-9-10-15(16)14(11-13)12-17/h9-12H,2-8H2,1H3. The van der Waals surface area contributed by atoms with Gasteiger partial charge >= 0.3 is 0 Å². The minimum Gasteiger partial charge on any atom is -0.298 e. The van der Waals surface area contributed by atoms with E-state index in [9.17, 15) is 4.79 Å². The van der Waals surface area contributed by atoms with Crippen molar-refractivity contribution < 1.29 is 4.79 Å². The molecule has 94 valence electrons. The second-order valence-electron chi connectivity index (χ2n) is 4.49. The zero-order valence-corrected chi connectivity index (χ0v) is 11.3. The highest BCUT2D eigenvalue weighted by atomic mass is 35.5. The van der Waals surface area contributed by atoms with Crippen LogP contribution in [0.5, 0.6) is 0 Å². The number of hydrogen-bond donors (Lipinski definition) is 0. The SMILES string of the molecule is CCCCCCCCc1ccc(Cl)c(C=O)c1. The lowest BCUT2D eigenvalue weighted by Gasteiger charge is -2.04. The summed E-state index contributed by atoms with van der Waals surface area (Å²) in [5, 5.41) is 0.548. The Bertz CT molecular complexity index is 347. The van der Waals surface area contributed by atoms with E-state index in [0.717, 1.165) is 12.7 Å². The number of halogens is 1. The molecule has 0 saturated carbocycles. The Morgan fingerprint density at radius 2 is 1.82 bits per heavy atom. The first-order valence-electron chi connectivity index (χ1n) is 6.51. The smallest absolute Gasteiger partial charge is 0.151 e. The molecular weight excluding hydrogens is 232 g/mol. The van der Waals surface area contributed by atoms with Gasteiger partial charge in [-0.25, -0.2) is 0 Å². The maximum atomic E-state index is 10.7. The molecule has 0 radical (unpaired) electrons. The van der Waals surface area contributed by atoms with E-state index in [-0.39, 0.29) is 0 Å². The van der Waals surface area contributed by atoms with Crippen LogP contribution in [0.15, 0.2) is 18.2 Å². The number of carbonyl (C=O) groups is 1. The predicted molar refractivity (Wildman–Crippen MR) is 73.9 cm³/mol. The molecule has 0 bridgehead atoms. The fourth-order valence-electron chi connectivity index (χ4n) is 1.95. The zero-order chi connectivity index (χ0) is 12.5. The van der Waals surface area contributed by atoms with Gasteiger partial charge in [-0.3, -0.25) is 4.79 Å². The van der Waals surface area contributed by atoms with Gasteiger partial charge in [0.05, 0.1) is 5.02 Å². The van der Waals surface area contributed by atoms with Crippen molar-refractivity contribution in [2.45, 2.75) is 51.9 Å². The summed E-state index contributed by atoms with van der Waals surface area (Å²) in [5.74, 6) is 0. The van der Waals surface area contributed by atoms with E-state index in [2.05, 4.69) is 6.92 Å². The fraction of sp³-hybridized carbons (Fsp3) is 0.533. The van der Waals surface area contributed by atoms with Crippen LogP contribution in [0.1, 0.15) is 61.4 Å². The van der Waals surface area contributed by atoms with Gasteiger partial charge in [-0.15, -0.1) is 0 Å². The van der Waals surface area contributed by atoms with Crippen LogP contribution >= 0.6 is 11.6 Å². The second kappa shape index (κ2) is 8.30. The van der Waals surface area contributed by atoms with Crippen molar-refractivity contribution in [2.75, 3.05) is 0 Å². The molecule has 0 saturated heterocycles. The molecule has 0 aromatic heterocycles. The minimum absolute atomic E-state index is 0.548. The lowest BCUT2D eigenvalue weighted by molar-refractivity contribution is 0.112. The van der Waals surface area contributed by atoms with Crippen LogP contribution in [0.4, 0.5) is 0 Å². The van der Waals surface area contributed by atoms with Crippen LogP contribution in [-0.2, 0) is 6.42 Å². The summed E-state index contributed by atoms with van der Waals surface area (Å²) in [6, 6.07) is 5.74. The molecule has 1 rings (SSSR count). The first-order chi connectivity index (χ1) is 8.27. The highest BCUT2D eigenvalue weighted by molar-refractivity contribution is 6.32. The molecule has 17 heavy (non-hydrogen) atoms. The average molecular weight is 253 g/mol. The van der Waals surface area contributed by atoms with Gasteiger partial charge in [-0.2, -0.15) is 0 Å². The van der Waals surface area contributed by atoms with Crippen molar-refractivity contribution in [3.05, 3.63) is 34.3 Å². The molecule has 0 unspecified atom stereocenters. The first-order valence-corrected chi connectivity index (χ1v) is 6.89. The Kier molecular flexibility index (Phi) is 6.95. The molecule has 0 atom stereocenters. The van der Waals surface area contributed by atoms with Gasteiger partial charge in [0.1, 0.15) is 0 Å². The Balaban J connectivity index is 2.29. The fourth-order valence-corrected chi connectivity index (χ4v) is 2.11. The van der Waals surface area contributed by atoms with Crippen LogP contribution in [0.3, 0.4) is 0 Å². The van der Waals surface area contributed by atoms with Gasteiger partial charge in [0.15, 0.2) is 6.29 Å². The summed E-state index contributed by atoms with van der Waals surface area (Å²) in [5.41, 5.74) is 1.82. The quantitative estimate of drug-likeness (QED) is 0.467. The van der Waals surface area contributed by atoms with Crippen molar-refractivity contribution >= 4 is 17.9 Å². The predicted octanol–water partition coefficient (Wildman–Crippen LogP) is 5.06. The Hall–Kier alpha value is -0.820. The van der Waals surface area contributed by atoms with Crippen LogP contribution in [0.25, 0.3) is 0 Å². The normalized spacial score (nSPS) is 10.5. The molecule has 0 aliphatic heterocycles. The lowest BCUT2D eigenvalue weighted by atomic mass is 10.0. The molecular formula is C15H21ClO. The van der Waals surface area contributed by atoms with Crippen molar-refractivity contribution in [3.8, 4) is 0 Å². The zero-order valence-electron chi connectivity index (χ0n) is 10.5. The van der Waals surface area contributed by atoms with Gasteiger partial charge in [0.25, 0.3) is 0 Å². The number of aldehydes is 1. The van der Waals surface area contributed by atoms with Crippen molar-refractivity contribution in [2.24, 2.45) is 0 Å². The van der Waals surface area contributed by atoms with E-state index in [0.29, 0.717) is 10.6 Å². The monoisotopic (exact) mass is 252 g/mol. The van der Waals surface area contributed by atoms with Crippen molar-refractivity contribution in [1.29, 1.82) is 0 Å². The number of hydrogen-bond acceptors (Lipinski definition) is 1. The lowest BCUT2D eigenvalue weighted by Crippen LogP contribution is -1.90. The summed E-state index contributed by atoms with van der Waals surface area (Å²) in [4.78, 5) is 10.7. The number of carbonyl (C=O) groups excluding carboxylic acids is 1. The van der Waals surface area contributed by atoms with E-state index < -0.39 is 0 Å². The molecule has 0 aliphatic carbocycles. The maximum absolute atomic E-state index is 10.7. The summed E-state index contributed by atoms with van der Waals surface area (Å²) in [6.07, 6.45) is 9.65. The highest BCUT2D eigenvalue weighted by Gasteiger charge is 2.00. The summed E-state index contributed by atoms with van der Waals surface area (Å²) < 4.78 is 0. The molecule has 1 nitrogen and oxygen atoms in total. The number of benzene rings is 1. The number of aryl methyl sites for hydroxylation is 1. The summed E-state index contributed by atoms with van der Waals surface area (Å²) >= 11 is 5.88. The van der Waals surface area contributed by atoms with Crippen LogP contribution in [0, 0.1) is 0 Å². The third-order valence-electron chi connectivity index (χ3n) is 3.01. The number of rotatable bonds is 8. The largest absolute Gasteiger partial charge is 0.298 e. The Morgan fingerprint density at radius 1 is 1.12 bits per heavy atom. The molecule has 0 fully saturated rings. The van der Waals surface area contributed by atoms with Gasteiger partial charge < -0.3 is 0 Å². The third-order valence-corrected chi connectivity index (χ3v) is 3.35. The van der Waals surface area contributed by atoms with Crippen LogP contribution in [-0.4, -0.2) is 6.29 Å². The molecule has 0 spiro atoms. The molecule has 2 heteroatoms. The van der Waals surface area contributed by atoms with Crippen molar-refractivity contribution in [3.63, 3.8) is 0 Å². The third kappa shape index (κ3) is 5.36. The van der Waals surface area contributed by atoms with E-state index in [1.165, 1.54) is 44.1 Å². The Labute approximate surface area is 109 Å². The van der Waals surface area contributed by atoms with Gasteiger partial charge in [-0.05, 0) is 30.5 Å². The number of unbranched alkanes of at least 4 members (excludes halogenated alkanes) is 5. The second-order valence-corrected chi connectivity index (χ2v) is 4.90. The van der Waals surface area contributed by atoms with Gasteiger partial charge in [0.2, 0.25) is 0 Å². The minimum atomic E-state index is 0.548. The molecule has 0 amide bonds.